The van der Waals surface area contributed by atoms with Crippen LogP contribution in [0.15, 0.2) is 0 Å². The zero-order chi connectivity index (χ0) is 13.9. The van der Waals surface area contributed by atoms with Crippen molar-refractivity contribution in [1.29, 1.82) is 0 Å². The van der Waals surface area contributed by atoms with Gasteiger partial charge in [0.2, 0.25) is 0 Å². The molecule has 2 aliphatic rings. The fourth-order valence-electron chi connectivity index (χ4n) is 3.83. The van der Waals surface area contributed by atoms with Crippen molar-refractivity contribution in [1.82, 2.24) is 5.32 Å². The molecule has 0 aliphatic heterocycles. The molecule has 0 bridgehead atoms. The van der Waals surface area contributed by atoms with Gasteiger partial charge in [-0.15, -0.1) is 0 Å². The summed E-state index contributed by atoms with van der Waals surface area (Å²) in [5, 5.41) is 5.58. The smallest absolute Gasteiger partial charge is 0.0206 e. The standard InChI is InChI=1S/C17H33NS/c1-5-18-15-11-10-13(17(2,3)4)12-16(15)19-14-8-6-7-9-14/h13-16,18H,5-12H2,1-4H3. The van der Waals surface area contributed by atoms with Gasteiger partial charge in [-0.25, -0.2) is 0 Å². The molecule has 1 N–H and O–H groups in total. The zero-order valence-corrected chi connectivity index (χ0v) is 14.2. The lowest BCUT2D eigenvalue weighted by Crippen LogP contribution is -2.45. The summed E-state index contributed by atoms with van der Waals surface area (Å²) < 4.78 is 0. The SMILES string of the molecule is CCNC1CCC(C(C)(C)C)CC1SC1CCCC1. The third-order valence-electron chi connectivity index (χ3n) is 5.15. The number of hydrogen-bond donors (Lipinski definition) is 1. The molecule has 0 saturated heterocycles. The minimum absolute atomic E-state index is 0.492. The first kappa shape index (κ1) is 15.7. The Morgan fingerprint density at radius 3 is 2.32 bits per heavy atom. The van der Waals surface area contributed by atoms with Crippen LogP contribution in [0.2, 0.25) is 0 Å². The second-order valence-electron chi connectivity index (χ2n) is 7.62. The van der Waals surface area contributed by atoms with Gasteiger partial charge in [-0.2, -0.15) is 11.8 Å². The van der Waals surface area contributed by atoms with Crippen LogP contribution in [0.5, 0.6) is 0 Å². The van der Waals surface area contributed by atoms with E-state index in [2.05, 4.69) is 44.8 Å². The van der Waals surface area contributed by atoms with Gasteiger partial charge in [-0.05, 0) is 50.0 Å². The van der Waals surface area contributed by atoms with Crippen molar-refractivity contribution in [3.8, 4) is 0 Å². The van der Waals surface area contributed by atoms with E-state index in [9.17, 15) is 0 Å². The largest absolute Gasteiger partial charge is 0.313 e. The molecule has 0 aromatic carbocycles. The molecule has 3 atom stereocenters. The number of hydrogen-bond acceptors (Lipinski definition) is 2. The lowest BCUT2D eigenvalue weighted by molar-refractivity contribution is 0.165. The van der Waals surface area contributed by atoms with Crippen LogP contribution in [-0.2, 0) is 0 Å². The maximum atomic E-state index is 3.76. The third kappa shape index (κ3) is 4.39. The molecule has 0 aromatic heterocycles. The van der Waals surface area contributed by atoms with Gasteiger partial charge in [0, 0.05) is 16.5 Å². The van der Waals surface area contributed by atoms with Crippen LogP contribution >= 0.6 is 11.8 Å². The third-order valence-corrected chi connectivity index (χ3v) is 6.88. The van der Waals surface area contributed by atoms with E-state index < -0.39 is 0 Å². The number of rotatable bonds is 4. The highest BCUT2D eigenvalue weighted by molar-refractivity contribution is 8.00. The zero-order valence-electron chi connectivity index (χ0n) is 13.4. The topological polar surface area (TPSA) is 12.0 Å². The van der Waals surface area contributed by atoms with Crippen LogP contribution in [0, 0.1) is 11.3 Å². The van der Waals surface area contributed by atoms with Gasteiger partial charge in [0.15, 0.2) is 0 Å². The van der Waals surface area contributed by atoms with Crippen LogP contribution in [0.1, 0.15) is 72.6 Å². The van der Waals surface area contributed by atoms with Gasteiger partial charge in [0.1, 0.15) is 0 Å². The molecule has 3 unspecified atom stereocenters. The van der Waals surface area contributed by atoms with Crippen LogP contribution in [-0.4, -0.2) is 23.1 Å². The molecular weight excluding hydrogens is 250 g/mol. The molecule has 2 fully saturated rings. The lowest BCUT2D eigenvalue weighted by Gasteiger charge is -2.42. The molecule has 112 valence electrons. The minimum Gasteiger partial charge on any atom is -0.313 e. The van der Waals surface area contributed by atoms with E-state index in [0.717, 1.165) is 29.0 Å². The molecule has 1 nitrogen and oxygen atoms in total. The molecular formula is C17H33NS. The highest BCUT2D eigenvalue weighted by Crippen LogP contribution is 2.44. The molecule has 2 aliphatic carbocycles. The Kier molecular flexibility index (Phi) is 5.65. The van der Waals surface area contributed by atoms with Crippen molar-refractivity contribution in [2.45, 2.75) is 89.2 Å². The van der Waals surface area contributed by atoms with Gasteiger partial charge in [-0.1, -0.05) is 40.5 Å². The summed E-state index contributed by atoms with van der Waals surface area (Å²) in [7, 11) is 0. The number of nitrogens with one attached hydrogen (secondary N) is 1. The highest BCUT2D eigenvalue weighted by atomic mass is 32.2. The first-order chi connectivity index (χ1) is 9.00. The Bertz CT molecular complexity index is 265. The highest BCUT2D eigenvalue weighted by Gasteiger charge is 2.37. The van der Waals surface area contributed by atoms with Crippen LogP contribution in [0.4, 0.5) is 0 Å². The molecule has 2 rings (SSSR count). The Morgan fingerprint density at radius 1 is 1.05 bits per heavy atom. The summed E-state index contributed by atoms with van der Waals surface area (Å²) in [5.74, 6) is 0.918. The van der Waals surface area contributed by atoms with E-state index in [1.54, 1.807) is 0 Å². The molecule has 0 spiro atoms. The van der Waals surface area contributed by atoms with Crippen molar-refractivity contribution in [2.75, 3.05) is 6.54 Å². The Labute approximate surface area is 124 Å². The van der Waals surface area contributed by atoms with Gasteiger partial charge in [-0.3, -0.25) is 0 Å². The van der Waals surface area contributed by atoms with E-state index in [-0.39, 0.29) is 0 Å². The maximum Gasteiger partial charge on any atom is 0.0206 e. The van der Waals surface area contributed by atoms with Crippen LogP contribution in [0.25, 0.3) is 0 Å². The fourth-order valence-corrected chi connectivity index (χ4v) is 5.70. The maximum absolute atomic E-state index is 3.76. The predicted octanol–water partition coefficient (Wildman–Crippen LogP) is 4.86. The first-order valence-corrected chi connectivity index (χ1v) is 9.34. The fraction of sp³-hybridized carbons (Fsp3) is 1.00. The summed E-state index contributed by atoms with van der Waals surface area (Å²) in [6.45, 7) is 10.7. The summed E-state index contributed by atoms with van der Waals surface area (Å²) in [5.41, 5.74) is 0.492. The predicted molar refractivity (Wildman–Crippen MR) is 87.9 cm³/mol. The Balaban J connectivity index is 1.95. The van der Waals surface area contributed by atoms with E-state index in [1.165, 1.54) is 44.9 Å². The second kappa shape index (κ2) is 6.85. The normalized spacial score (nSPS) is 33.8. The van der Waals surface area contributed by atoms with Crippen molar-refractivity contribution in [3.05, 3.63) is 0 Å². The molecule has 2 heteroatoms. The number of thioether (sulfide) groups is 1. The van der Waals surface area contributed by atoms with Crippen LogP contribution in [0.3, 0.4) is 0 Å². The molecule has 0 radical (unpaired) electrons. The van der Waals surface area contributed by atoms with E-state index >= 15 is 0 Å². The van der Waals surface area contributed by atoms with Gasteiger partial charge in [0.25, 0.3) is 0 Å². The van der Waals surface area contributed by atoms with Crippen molar-refractivity contribution < 1.29 is 0 Å². The second-order valence-corrected chi connectivity index (χ2v) is 9.17. The molecule has 0 aromatic rings. The average Bonchev–Trinajstić information content (AvgIpc) is 2.83. The quantitative estimate of drug-likeness (QED) is 0.791. The van der Waals surface area contributed by atoms with E-state index in [1.807, 2.05) is 0 Å². The van der Waals surface area contributed by atoms with Crippen molar-refractivity contribution >= 4 is 11.8 Å². The summed E-state index contributed by atoms with van der Waals surface area (Å²) in [6, 6.07) is 0.772. The van der Waals surface area contributed by atoms with Gasteiger partial charge >= 0.3 is 0 Å². The molecule has 2 saturated carbocycles. The summed E-state index contributed by atoms with van der Waals surface area (Å²) in [4.78, 5) is 0. The lowest BCUT2D eigenvalue weighted by atomic mass is 9.71. The van der Waals surface area contributed by atoms with Gasteiger partial charge < -0.3 is 5.32 Å². The minimum atomic E-state index is 0.492. The first-order valence-electron chi connectivity index (χ1n) is 8.39. The van der Waals surface area contributed by atoms with E-state index in [0.29, 0.717) is 5.41 Å². The summed E-state index contributed by atoms with van der Waals surface area (Å²) in [6.07, 6.45) is 10.1. The van der Waals surface area contributed by atoms with Crippen molar-refractivity contribution in [2.24, 2.45) is 11.3 Å². The molecule has 19 heavy (non-hydrogen) atoms. The Hall–Kier alpha value is 0.310. The molecule has 0 heterocycles. The van der Waals surface area contributed by atoms with Crippen molar-refractivity contribution in [3.63, 3.8) is 0 Å². The van der Waals surface area contributed by atoms with E-state index in [4.69, 9.17) is 0 Å². The van der Waals surface area contributed by atoms with Crippen LogP contribution < -0.4 is 5.32 Å². The Morgan fingerprint density at radius 2 is 1.74 bits per heavy atom. The summed E-state index contributed by atoms with van der Waals surface area (Å²) >= 11 is 2.33. The molecule has 0 amide bonds. The average molecular weight is 284 g/mol. The monoisotopic (exact) mass is 283 g/mol. The van der Waals surface area contributed by atoms with Gasteiger partial charge in [0.05, 0.1) is 0 Å².